The smallest absolute Gasteiger partial charge is 0.128 e. The van der Waals surface area contributed by atoms with Crippen LogP contribution in [0.2, 0.25) is 0 Å². The van der Waals surface area contributed by atoms with E-state index in [1.165, 1.54) is 32.5 Å². The quantitative estimate of drug-likeness (QED) is 0.852. The summed E-state index contributed by atoms with van der Waals surface area (Å²) < 4.78 is 0. The normalized spacial score (nSPS) is 30.2. The van der Waals surface area contributed by atoms with Gasteiger partial charge in [0.1, 0.15) is 11.6 Å². The number of hydrogen-bond acceptors (Lipinski definition) is 4. The Balaban J connectivity index is 1.67. The average molecular weight is 246 g/mol. The molecule has 4 heteroatoms. The van der Waals surface area contributed by atoms with Gasteiger partial charge in [-0.25, -0.2) is 4.98 Å². The fraction of sp³-hybridized carbons (Fsp3) is 0.643. The maximum atomic E-state index is 4.60. The van der Waals surface area contributed by atoms with Gasteiger partial charge in [0.2, 0.25) is 0 Å². The van der Waals surface area contributed by atoms with E-state index < -0.39 is 0 Å². The molecule has 1 atom stereocenters. The molecule has 0 saturated carbocycles. The van der Waals surface area contributed by atoms with Crippen LogP contribution in [-0.4, -0.2) is 42.1 Å². The van der Waals surface area contributed by atoms with Gasteiger partial charge < -0.3 is 15.5 Å². The highest BCUT2D eigenvalue weighted by Crippen LogP contribution is 2.29. The van der Waals surface area contributed by atoms with Crippen molar-refractivity contribution in [3.05, 3.63) is 18.2 Å². The predicted octanol–water partition coefficient (Wildman–Crippen LogP) is 2.02. The van der Waals surface area contributed by atoms with Gasteiger partial charge in [0.15, 0.2) is 0 Å². The Morgan fingerprint density at radius 1 is 1.28 bits per heavy atom. The second-order valence-corrected chi connectivity index (χ2v) is 5.33. The van der Waals surface area contributed by atoms with E-state index in [2.05, 4.69) is 39.6 Å². The Hall–Kier alpha value is -1.29. The second-order valence-electron chi connectivity index (χ2n) is 5.33. The first kappa shape index (κ1) is 11.8. The summed E-state index contributed by atoms with van der Waals surface area (Å²) >= 11 is 0. The fourth-order valence-corrected chi connectivity index (χ4v) is 3.11. The lowest BCUT2D eigenvalue weighted by molar-refractivity contribution is 0.0974. The van der Waals surface area contributed by atoms with Gasteiger partial charge in [0.05, 0.1) is 0 Å². The van der Waals surface area contributed by atoms with Crippen LogP contribution >= 0.6 is 0 Å². The lowest BCUT2D eigenvalue weighted by atomic mass is 9.84. The Bertz CT molecular complexity index is 399. The molecule has 1 aromatic rings. The first-order valence-electron chi connectivity index (χ1n) is 7.05. The summed E-state index contributed by atoms with van der Waals surface area (Å²) in [6.45, 7) is 6.75. The van der Waals surface area contributed by atoms with Crippen molar-refractivity contribution in [2.45, 2.75) is 25.8 Å². The van der Waals surface area contributed by atoms with Crippen LogP contribution in [0.1, 0.15) is 19.8 Å². The van der Waals surface area contributed by atoms with Crippen LogP contribution < -0.4 is 10.6 Å². The summed E-state index contributed by atoms with van der Waals surface area (Å²) in [5.74, 6) is 2.80. The molecule has 1 aromatic heterocycles. The summed E-state index contributed by atoms with van der Waals surface area (Å²) in [6, 6.07) is 6.73. The summed E-state index contributed by atoms with van der Waals surface area (Å²) in [6.07, 6.45) is 2.68. The number of aromatic nitrogens is 1. The molecule has 98 valence electrons. The largest absolute Gasteiger partial charge is 0.370 e. The highest BCUT2D eigenvalue weighted by molar-refractivity contribution is 5.45. The summed E-state index contributed by atoms with van der Waals surface area (Å²) in [4.78, 5) is 7.16. The lowest BCUT2D eigenvalue weighted by Gasteiger charge is -2.45. The van der Waals surface area contributed by atoms with Crippen LogP contribution in [0.3, 0.4) is 0 Å². The molecule has 4 rings (SSSR count). The molecule has 3 fully saturated rings. The standard InChI is InChI=1S/C14H22N4/c1-2-15-13-4-3-5-14(17-13)16-12-10-18-8-6-11(12)7-9-18/h3-5,11-12H,2,6-10H2,1H3,(H2,15,16,17). The average Bonchev–Trinajstić information content (AvgIpc) is 2.41. The minimum atomic E-state index is 0.580. The van der Waals surface area contributed by atoms with Crippen LogP contribution in [0.5, 0.6) is 0 Å². The number of nitrogens with zero attached hydrogens (tertiary/aromatic N) is 2. The molecular weight excluding hydrogens is 224 g/mol. The van der Waals surface area contributed by atoms with Crippen molar-refractivity contribution in [1.29, 1.82) is 0 Å². The van der Waals surface area contributed by atoms with Crippen LogP contribution in [0.15, 0.2) is 18.2 Å². The van der Waals surface area contributed by atoms with E-state index in [-0.39, 0.29) is 0 Å². The number of pyridine rings is 1. The molecule has 3 saturated heterocycles. The molecule has 0 aliphatic carbocycles. The molecule has 4 heterocycles. The molecule has 0 amide bonds. The van der Waals surface area contributed by atoms with Gasteiger partial charge in [-0.15, -0.1) is 0 Å². The Morgan fingerprint density at radius 3 is 2.72 bits per heavy atom. The Morgan fingerprint density at radius 2 is 2.06 bits per heavy atom. The molecule has 0 radical (unpaired) electrons. The first-order chi connectivity index (χ1) is 8.85. The van der Waals surface area contributed by atoms with Crippen molar-refractivity contribution in [3.63, 3.8) is 0 Å². The molecule has 0 spiro atoms. The number of rotatable bonds is 4. The molecule has 0 aromatic carbocycles. The summed E-state index contributed by atoms with van der Waals surface area (Å²) in [5.41, 5.74) is 0. The van der Waals surface area contributed by atoms with Crippen LogP contribution in [-0.2, 0) is 0 Å². The van der Waals surface area contributed by atoms with E-state index >= 15 is 0 Å². The zero-order valence-electron chi connectivity index (χ0n) is 11.0. The molecule has 2 bridgehead atoms. The van der Waals surface area contributed by atoms with Gasteiger partial charge >= 0.3 is 0 Å². The summed E-state index contributed by atoms with van der Waals surface area (Å²) in [5, 5.41) is 6.88. The molecule has 3 aliphatic rings. The lowest BCUT2D eigenvalue weighted by Crippen LogP contribution is -2.53. The highest BCUT2D eigenvalue weighted by atomic mass is 15.2. The maximum Gasteiger partial charge on any atom is 0.128 e. The first-order valence-corrected chi connectivity index (χ1v) is 7.05. The van der Waals surface area contributed by atoms with Gasteiger partial charge in [0.25, 0.3) is 0 Å². The van der Waals surface area contributed by atoms with E-state index in [0.717, 1.165) is 24.1 Å². The van der Waals surface area contributed by atoms with Crippen molar-refractivity contribution >= 4 is 11.6 Å². The predicted molar refractivity (Wildman–Crippen MR) is 75.0 cm³/mol. The fourth-order valence-electron chi connectivity index (χ4n) is 3.11. The van der Waals surface area contributed by atoms with Crippen molar-refractivity contribution < 1.29 is 0 Å². The van der Waals surface area contributed by atoms with E-state index in [1.54, 1.807) is 0 Å². The molecule has 18 heavy (non-hydrogen) atoms. The van der Waals surface area contributed by atoms with Crippen molar-refractivity contribution in [1.82, 2.24) is 9.88 Å². The third-order valence-corrected chi connectivity index (χ3v) is 4.10. The summed E-state index contributed by atoms with van der Waals surface area (Å²) in [7, 11) is 0. The van der Waals surface area contributed by atoms with Crippen molar-refractivity contribution in [2.75, 3.05) is 36.8 Å². The van der Waals surface area contributed by atoms with Crippen LogP contribution in [0.25, 0.3) is 0 Å². The zero-order chi connectivity index (χ0) is 12.4. The minimum Gasteiger partial charge on any atom is -0.370 e. The molecule has 4 nitrogen and oxygen atoms in total. The van der Waals surface area contributed by atoms with Gasteiger partial charge in [-0.2, -0.15) is 0 Å². The number of hydrogen-bond donors (Lipinski definition) is 2. The third kappa shape index (κ3) is 2.43. The van der Waals surface area contributed by atoms with Gasteiger partial charge in [0, 0.05) is 19.1 Å². The van der Waals surface area contributed by atoms with E-state index in [9.17, 15) is 0 Å². The van der Waals surface area contributed by atoms with Crippen LogP contribution in [0, 0.1) is 5.92 Å². The number of nitrogens with one attached hydrogen (secondary N) is 2. The third-order valence-electron chi connectivity index (χ3n) is 4.10. The number of fused-ring (bicyclic) bond motifs is 3. The highest BCUT2D eigenvalue weighted by Gasteiger charge is 2.34. The molecule has 3 aliphatic heterocycles. The zero-order valence-corrected chi connectivity index (χ0v) is 11.0. The van der Waals surface area contributed by atoms with E-state index in [4.69, 9.17) is 0 Å². The number of piperidine rings is 3. The molecule has 1 unspecified atom stereocenters. The van der Waals surface area contributed by atoms with Crippen molar-refractivity contribution in [2.24, 2.45) is 5.92 Å². The van der Waals surface area contributed by atoms with Gasteiger partial charge in [-0.3, -0.25) is 0 Å². The van der Waals surface area contributed by atoms with Crippen molar-refractivity contribution in [3.8, 4) is 0 Å². The van der Waals surface area contributed by atoms with Gasteiger partial charge in [-0.05, 0) is 50.9 Å². The SMILES string of the molecule is CCNc1cccc(NC2CN3CCC2CC3)n1. The molecular formula is C14H22N4. The molecule has 2 N–H and O–H groups in total. The maximum absolute atomic E-state index is 4.60. The minimum absolute atomic E-state index is 0.580. The Kier molecular flexibility index (Phi) is 3.37. The second kappa shape index (κ2) is 5.14. The van der Waals surface area contributed by atoms with Gasteiger partial charge in [-0.1, -0.05) is 6.07 Å². The van der Waals surface area contributed by atoms with E-state index in [1.807, 2.05) is 6.07 Å². The Labute approximate surface area is 109 Å². The van der Waals surface area contributed by atoms with Crippen LogP contribution in [0.4, 0.5) is 11.6 Å². The number of anilines is 2. The van der Waals surface area contributed by atoms with E-state index in [0.29, 0.717) is 6.04 Å². The monoisotopic (exact) mass is 246 g/mol. The topological polar surface area (TPSA) is 40.2 Å².